The van der Waals surface area contributed by atoms with Crippen LogP contribution in [0.25, 0.3) is 0 Å². The Labute approximate surface area is 112 Å². The van der Waals surface area contributed by atoms with Crippen molar-refractivity contribution < 1.29 is 24.0 Å². The molecule has 0 bridgehead atoms. The fraction of sp³-hybridized carbons (Fsp3) is 0.643. The van der Waals surface area contributed by atoms with Crippen LogP contribution in [-0.4, -0.2) is 28.9 Å². The van der Waals surface area contributed by atoms with Crippen molar-refractivity contribution in [2.75, 3.05) is 0 Å². The molecule has 0 radical (unpaired) electrons. The molecule has 19 heavy (non-hydrogen) atoms. The normalized spacial score (nSPS) is 10.0. The minimum absolute atomic E-state index is 0.187. The molecule has 5 heteroatoms. The Hall–Kier alpha value is -1.65. The van der Waals surface area contributed by atoms with Gasteiger partial charge >= 0.3 is 0 Å². The van der Waals surface area contributed by atoms with Crippen LogP contribution in [0.2, 0.25) is 0 Å². The van der Waals surface area contributed by atoms with E-state index in [0.29, 0.717) is 12.8 Å². The molecular formula is C14H20O5. The van der Waals surface area contributed by atoms with Crippen molar-refractivity contribution in [3.8, 4) is 0 Å². The van der Waals surface area contributed by atoms with Gasteiger partial charge in [-0.25, -0.2) is 0 Å². The molecule has 0 amide bonds. The number of hydrogen-bond donors (Lipinski definition) is 0. The second-order valence-electron chi connectivity index (χ2n) is 4.50. The molecule has 5 nitrogen and oxygen atoms in total. The number of ketones is 5. The molecule has 0 aliphatic rings. The highest BCUT2D eigenvalue weighted by atomic mass is 16.2. The molecule has 106 valence electrons. The van der Waals surface area contributed by atoms with Crippen LogP contribution in [0.1, 0.15) is 58.8 Å². The molecular weight excluding hydrogens is 248 g/mol. The van der Waals surface area contributed by atoms with Crippen LogP contribution in [-0.2, 0) is 24.0 Å². The minimum Gasteiger partial charge on any atom is -0.299 e. The van der Waals surface area contributed by atoms with E-state index in [0.717, 1.165) is 0 Å². The van der Waals surface area contributed by atoms with Gasteiger partial charge in [0.1, 0.15) is 28.9 Å². The lowest BCUT2D eigenvalue weighted by Gasteiger charge is -2.00. The van der Waals surface area contributed by atoms with Crippen LogP contribution in [0.4, 0.5) is 0 Å². The van der Waals surface area contributed by atoms with Gasteiger partial charge in [0.15, 0.2) is 0 Å². The Morgan fingerprint density at radius 1 is 0.579 bits per heavy atom. The van der Waals surface area contributed by atoms with Gasteiger partial charge in [0.2, 0.25) is 0 Å². The Kier molecular flexibility index (Phi) is 8.49. The number of carbonyl (C=O) groups excluding carboxylic acids is 5. The van der Waals surface area contributed by atoms with Crippen LogP contribution >= 0.6 is 0 Å². The molecule has 0 heterocycles. The maximum absolute atomic E-state index is 11.4. The highest BCUT2D eigenvalue weighted by Crippen LogP contribution is 2.03. The summed E-state index contributed by atoms with van der Waals surface area (Å²) in [5.41, 5.74) is 0. The Balaban J connectivity index is 4.03. The summed E-state index contributed by atoms with van der Waals surface area (Å²) in [6.07, 6.45) is -0.0697. The molecule has 0 N–H and O–H groups in total. The summed E-state index contributed by atoms with van der Waals surface area (Å²) in [5, 5.41) is 0. The molecule has 0 aliphatic heterocycles. The zero-order valence-corrected chi connectivity index (χ0v) is 11.5. The van der Waals surface area contributed by atoms with Gasteiger partial charge in [0, 0.05) is 12.8 Å². The number of carbonyl (C=O) groups is 5. The molecule has 0 rings (SSSR count). The predicted molar refractivity (Wildman–Crippen MR) is 68.7 cm³/mol. The highest BCUT2D eigenvalue weighted by molar-refractivity contribution is 6.13. The Morgan fingerprint density at radius 2 is 0.947 bits per heavy atom. The van der Waals surface area contributed by atoms with E-state index in [-0.39, 0.29) is 30.8 Å². The lowest BCUT2D eigenvalue weighted by Crippen LogP contribution is -2.16. The van der Waals surface area contributed by atoms with Gasteiger partial charge in [-0.2, -0.15) is 0 Å². The van der Waals surface area contributed by atoms with Gasteiger partial charge < -0.3 is 0 Å². The van der Waals surface area contributed by atoms with Crippen molar-refractivity contribution in [1.82, 2.24) is 0 Å². The van der Waals surface area contributed by atoms with E-state index in [1.165, 1.54) is 0 Å². The van der Waals surface area contributed by atoms with Crippen molar-refractivity contribution in [2.24, 2.45) is 0 Å². The third-order valence-corrected chi connectivity index (χ3v) is 2.50. The van der Waals surface area contributed by atoms with E-state index in [4.69, 9.17) is 0 Å². The van der Waals surface area contributed by atoms with E-state index >= 15 is 0 Å². The van der Waals surface area contributed by atoms with Crippen molar-refractivity contribution in [3.63, 3.8) is 0 Å². The van der Waals surface area contributed by atoms with Gasteiger partial charge in [0.05, 0.1) is 25.7 Å². The summed E-state index contributed by atoms with van der Waals surface area (Å²) >= 11 is 0. The Morgan fingerprint density at radius 3 is 1.32 bits per heavy atom. The van der Waals surface area contributed by atoms with E-state index < -0.39 is 30.2 Å². The smallest absolute Gasteiger partial charge is 0.147 e. The summed E-state index contributed by atoms with van der Waals surface area (Å²) in [7, 11) is 0. The average molecular weight is 268 g/mol. The molecule has 0 aromatic heterocycles. The van der Waals surface area contributed by atoms with Crippen LogP contribution in [0.5, 0.6) is 0 Å². The van der Waals surface area contributed by atoms with Crippen molar-refractivity contribution >= 4 is 28.9 Å². The fourth-order valence-corrected chi connectivity index (χ4v) is 1.56. The van der Waals surface area contributed by atoms with Gasteiger partial charge in [0.25, 0.3) is 0 Å². The number of rotatable bonds is 11. The zero-order chi connectivity index (χ0) is 14.8. The number of Topliss-reactive ketones (excluding diaryl/α,β-unsaturated/α-hetero) is 5. The molecule has 0 saturated heterocycles. The van der Waals surface area contributed by atoms with Crippen molar-refractivity contribution in [3.05, 3.63) is 0 Å². The molecule has 0 spiro atoms. The first-order valence-corrected chi connectivity index (χ1v) is 6.47. The van der Waals surface area contributed by atoms with E-state index in [9.17, 15) is 24.0 Å². The second-order valence-corrected chi connectivity index (χ2v) is 4.50. The molecule has 0 unspecified atom stereocenters. The summed E-state index contributed by atoms with van der Waals surface area (Å²) in [6, 6.07) is 0. The summed E-state index contributed by atoms with van der Waals surface area (Å²) in [6.45, 7) is 3.47. The topological polar surface area (TPSA) is 85.3 Å². The standard InChI is InChI=1S/C14H20O5/c1-3-5-11(16)7-13(18)9-14(19)8-12(17)6-10(15)4-2/h3-9H2,1-2H3. The van der Waals surface area contributed by atoms with E-state index in [1.54, 1.807) is 6.92 Å². The lowest BCUT2D eigenvalue weighted by molar-refractivity contribution is -0.131. The minimum atomic E-state index is -0.525. The third kappa shape index (κ3) is 8.99. The summed E-state index contributed by atoms with van der Waals surface area (Å²) < 4.78 is 0. The highest BCUT2D eigenvalue weighted by Gasteiger charge is 2.17. The van der Waals surface area contributed by atoms with Crippen LogP contribution < -0.4 is 0 Å². The average Bonchev–Trinajstić information content (AvgIpc) is 2.27. The SMILES string of the molecule is CCCC(=O)CC(=O)CC(=O)CC(=O)CC(=O)CC. The van der Waals surface area contributed by atoms with Gasteiger partial charge in [-0.05, 0) is 6.42 Å². The van der Waals surface area contributed by atoms with Crippen molar-refractivity contribution in [2.45, 2.75) is 58.8 Å². The summed E-state index contributed by atoms with van der Waals surface area (Å²) in [4.78, 5) is 56.3. The molecule has 0 aromatic rings. The zero-order valence-electron chi connectivity index (χ0n) is 11.5. The first-order chi connectivity index (χ1) is 8.88. The maximum atomic E-state index is 11.4. The summed E-state index contributed by atoms with van der Waals surface area (Å²) in [5.74, 6) is -1.86. The molecule has 0 aliphatic carbocycles. The van der Waals surface area contributed by atoms with Crippen LogP contribution in [0, 0.1) is 0 Å². The largest absolute Gasteiger partial charge is 0.299 e. The lowest BCUT2D eigenvalue weighted by atomic mass is 10.0. The number of hydrogen-bond acceptors (Lipinski definition) is 5. The van der Waals surface area contributed by atoms with Gasteiger partial charge in [-0.15, -0.1) is 0 Å². The quantitative estimate of drug-likeness (QED) is 0.531. The van der Waals surface area contributed by atoms with Crippen LogP contribution in [0.15, 0.2) is 0 Å². The second kappa shape index (κ2) is 9.30. The Bertz CT molecular complexity index is 381. The first kappa shape index (κ1) is 17.4. The molecule has 0 fully saturated rings. The van der Waals surface area contributed by atoms with Crippen molar-refractivity contribution in [1.29, 1.82) is 0 Å². The van der Waals surface area contributed by atoms with E-state index in [1.807, 2.05) is 6.92 Å². The molecule has 0 aromatic carbocycles. The monoisotopic (exact) mass is 268 g/mol. The van der Waals surface area contributed by atoms with Gasteiger partial charge in [-0.1, -0.05) is 13.8 Å². The van der Waals surface area contributed by atoms with E-state index in [2.05, 4.69) is 0 Å². The first-order valence-electron chi connectivity index (χ1n) is 6.47. The fourth-order valence-electron chi connectivity index (χ4n) is 1.56. The molecule has 0 atom stereocenters. The van der Waals surface area contributed by atoms with Crippen LogP contribution in [0.3, 0.4) is 0 Å². The maximum Gasteiger partial charge on any atom is 0.147 e. The predicted octanol–water partition coefficient (Wildman–Crippen LogP) is 1.60. The molecule has 0 saturated carbocycles. The van der Waals surface area contributed by atoms with Gasteiger partial charge in [-0.3, -0.25) is 24.0 Å². The third-order valence-electron chi connectivity index (χ3n) is 2.50.